The van der Waals surface area contributed by atoms with Crippen LogP contribution in [0.5, 0.6) is 0 Å². The van der Waals surface area contributed by atoms with Crippen molar-refractivity contribution in [3.05, 3.63) is 45.5 Å². The van der Waals surface area contributed by atoms with Gasteiger partial charge in [0.25, 0.3) is 0 Å². The van der Waals surface area contributed by atoms with Gasteiger partial charge in [-0.2, -0.15) is 0 Å². The maximum absolute atomic E-state index is 6.18. The van der Waals surface area contributed by atoms with Crippen molar-refractivity contribution < 1.29 is 0 Å². The second kappa shape index (κ2) is 10.8. The minimum Gasteiger partial charge on any atom is -0.356 e. The molecule has 0 amide bonds. The molecule has 0 atom stereocenters. The Morgan fingerprint density at radius 1 is 1.24 bits per heavy atom. The monoisotopic (exact) mass is 496 g/mol. The number of nitrogens with one attached hydrogen (secondary N) is 2. The first kappa shape index (κ1) is 22.0. The van der Waals surface area contributed by atoms with Crippen molar-refractivity contribution in [3.8, 4) is 0 Å². The minimum atomic E-state index is 0. The number of benzene rings is 1. The summed E-state index contributed by atoms with van der Waals surface area (Å²) in [6.07, 6.45) is 1.81. The lowest BCUT2D eigenvalue weighted by molar-refractivity contribution is 0.704. The van der Waals surface area contributed by atoms with Crippen LogP contribution in [0.1, 0.15) is 23.6 Å². The van der Waals surface area contributed by atoms with Gasteiger partial charge >= 0.3 is 0 Å². The Bertz CT molecular complexity index is 717. The highest BCUT2D eigenvalue weighted by molar-refractivity contribution is 14.0. The summed E-state index contributed by atoms with van der Waals surface area (Å²) in [5, 5.41) is 16.0. The highest BCUT2D eigenvalue weighted by Gasteiger charge is 2.06. The van der Waals surface area contributed by atoms with Gasteiger partial charge in [-0.05, 0) is 37.5 Å². The van der Waals surface area contributed by atoms with E-state index in [2.05, 4.69) is 25.8 Å². The highest BCUT2D eigenvalue weighted by atomic mass is 127. The van der Waals surface area contributed by atoms with Crippen molar-refractivity contribution in [1.82, 2.24) is 25.4 Å². The van der Waals surface area contributed by atoms with E-state index in [1.165, 1.54) is 0 Å². The van der Waals surface area contributed by atoms with Crippen LogP contribution >= 0.6 is 47.2 Å². The van der Waals surface area contributed by atoms with Crippen LogP contribution in [-0.4, -0.2) is 34.3 Å². The lowest BCUT2D eigenvalue weighted by Gasteiger charge is -2.12. The number of hydrogen-bond acceptors (Lipinski definition) is 3. The standard InChI is InChI=1S/C16H22Cl2N6.HI/c1-11-22-23-15(24(11)3)10-21-16(19-2)20-8-4-5-12-6-7-13(17)9-14(12)18;/h6-7,9H,4-5,8,10H2,1-3H3,(H2,19,20,21);1H. The molecule has 0 aliphatic rings. The number of rotatable bonds is 6. The molecule has 2 N–H and O–H groups in total. The average Bonchev–Trinajstić information content (AvgIpc) is 2.87. The van der Waals surface area contributed by atoms with Gasteiger partial charge in [0, 0.05) is 30.7 Å². The molecule has 0 aliphatic heterocycles. The smallest absolute Gasteiger partial charge is 0.191 e. The first-order chi connectivity index (χ1) is 11.5. The summed E-state index contributed by atoms with van der Waals surface area (Å²) >= 11 is 12.1. The average molecular weight is 497 g/mol. The van der Waals surface area contributed by atoms with Crippen LogP contribution in [0.15, 0.2) is 23.2 Å². The maximum Gasteiger partial charge on any atom is 0.191 e. The fourth-order valence-electron chi connectivity index (χ4n) is 2.20. The summed E-state index contributed by atoms with van der Waals surface area (Å²) in [6.45, 7) is 3.28. The van der Waals surface area contributed by atoms with Gasteiger partial charge in [0.05, 0.1) is 6.54 Å². The van der Waals surface area contributed by atoms with Gasteiger partial charge in [-0.1, -0.05) is 29.3 Å². The van der Waals surface area contributed by atoms with Gasteiger partial charge in [-0.25, -0.2) is 0 Å². The van der Waals surface area contributed by atoms with Crippen LogP contribution in [-0.2, 0) is 20.0 Å². The van der Waals surface area contributed by atoms with Crippen molar-refractivity contribution in [2.75, 3.05) is 13.6 Å². The third kappa shape index (κ3) is 6.63. The van der Waals surface area contributed by atoms with Crippen molar-refractivity contribution in [1.29, 1.82) is 0 Å². The molecule has 0 saturated heterocycles. The Morgan fingerprint density at radius 3 is 2.60 bits per heavy atom. The molecule has 0 unspecified atom stereocenters. The molecule has 2 aromatic rings. The molecule has 0 bridgehead atoms. The molecule has 1 heterocycles. The second-order valence-electron chi connectivity index (χ2n) is 5.41. The summed E-state index contributed by atoms with van der Waals surface area (Å²) in [7, 11) is 3.69. The predicted octanol–water partition coefficient (Wildman–Crippen LogP) is 3.35. The number of aliphatic imine (C=N–C) groups is 1. The van der Waals surface area contributed by atoms with Gasteiger partial charge in [0.2, 0.25) is 0 Å². The zero-order chi connectivity index (χ0) is 17.5. The number of guanidine groups is 1. The molecule has 9 heteroatoms. The van der Waals surface area contributed by atoms with Gasteiger partial charge in [-0.15, -0.1) is 34.2 Å². The Morgan fingerprint density at radius 2 is 2.00 bits per heavy atom. The van der Waals surface area contributed by atoms with E-state index >= 15 is 0 Å². The molecule has 0 fully saturated rings. The summed E-state index contributed by atoms with van der Waals surface area (Å²) < 4.78 is 1.95. The van der Waals surface area contributed by atoms with Crippen LogP contribution in [0.25, 0.3) is 0 Å². The van der Waals surface area contributed by atoms with Gasteiger partial charge in [-0.3, -0.25) is 4.99 Å². The molecular formula is C16H23Cl2IN6. The van der Waals surface area contributed by atoms with Gasteiger partial charge in [0.1, 0.15) is 5.82 Å². The molecule has 1 aromatic heterocycles. The highest BCUT2D eigenvalue weighted by Crippen LogP contribution is 2.21. The topological polar surface area (TPSA) is 67.1 Å². The zero-order valence-electron chi connectivity index (χ0n) is 14.5. The minimum absolute atomic E-state index is 0. The molecule has 138 valence electrons. The molecule has 0 radical (unpaired) electrons. The molecule has 0 spiro atoms. The fourth-order valence-corrected chi connectivity index (χ4v) is 2.70. The molecular weight excluding hydrogens is 474 g/mol. The first-order valence-electron chi connectivity index (χ1n) is 7.74. The van der Waals surface area contributed by atoms with E-state index in [0.29, 0.717) is 16.6 Å². The van der Waals surface area contributed by atoms with Crippen LogP contribution in [0.4, 0.5) is 0 Å². The van der Waals surface area contributed by atoms with Gasteiger partial charge < -0.3 is 15.2 Å². The number of aromatic nitrogens is 3. The van der Waals surface area contributed by atoms with Crippen molar-refractivity contribution in [2.45, 2.75) is 26.3 Å². The molecule has 0 saturated carbocycles. The summed E-state index contributed by atoms with van der Waals surface area (Å²) in [5.41, 5.74) is 1.10. The summed E-state index contributed by atoms with van der Waals surface area (Å²) in [4.78, 5) is 4.21. The largest absolute Gasteiger partial charge is 0.356 e. The van der Waals surface area contributed by atoms with Crippen LogP contribution in [0.2, 0.25) is 10.0 Å². The Hall–Kier alpha value is -1.06. The van der Waals surface area contributed by atoms with Crippen LogP contribution < -0.4 is 10.6 Å². The van der Waals surface area contributed by atoms with E-state index < -0.39 is 0 Å². The lowest BCUT2D eigenvalue weighted by atomic mass is 10.1. The molecule has 0 aliphatic carbocycles. The van der Waals surface area contributed by atoms with E-state index in [0.717, 1.165) is 42.6 Å². The van der Waals surface area contributed by atoms with Crippen LogP contribution in [0, 0.1) is 6.92 Å². The Kier molecular flexibility index (Phi) is 9.52. The van der Waals surface area contributed by atoms with E-state index in [1.54, 1.807) is 13.1 Å². The number of hydrogen-bond donors (Lipinski definition) is 2. The molecule has 25 heavy (non-hydrogen) atoms. The Labute approximate surface area is 175 Å². The molecule has 1 aromatic carbocycles. The van der Waals surface area contributed by atoms with E-state index in [9.17, 15) is 0 Å². The summed E-state index contributed by atoms with van der Waals surface area (Å²) in [5.74, 6) is 2.48. The normalized spacial score (nSPS) is 11.2. The predicted molar refractivity (Wildman–Crippen MR) is 114 cm³/mol. The third-order valence-electron chi connectivity index (χ3n) is 3.75. The molecule has 6 nitrogen and oxygen atoms in total. The number of halogens is 3. The van der Waals surface area contributed by atoms with Crippen molar-refractivity contribution >= 4 is 53.1 Å². The van der Waals surface area contributed by atoms with E-state index in [4.69, 9.17) is 23.2 Å². The van der Waals surface area contributed by atoms with Crippen molar-refractivity contribution in [3.63, 3.8) is 0 Å². The third-order valence-corrected chi connectivity index (χ3v) is 4.34. The maximum atomic E-state index is 6.18. The van der Waals surface area contributed by atoms with Crippen LogP contribution in [0.3, 0.4) is 0 Å². The molecule has 2 rings (SSSR count). The Balaban J connectivity index is 0.00000312. The SMILES string of the molecule is CN=C(NCCCc1ccc(Cl)cc1Cl)NCc1nnc(C)n1C.I. The zero-order valence-corrected chi connectivity index (χ0v) is 18.4. The number of aryl methyl sites for hydroxylation is 2. The number of nitrogens with zero attached hydrogens (tertiary/aromatic N) is 4. The summed E-state index contributed by atoms with van der Waals surface area (Å²) in [6, 6.07) is 5.60. The lowest BCUT2D eigenvalue weighted by Crippen LogP contribution is -2.38. The van der Waals surface area contributed by atoms with E-state index in [1.807, 2.05) is 30.7 Å². The van der Waals surface area contributed by atoms with Crippen molar-refractivity contribution in [2.24, 2.45) is 12.0 Å². The van der Waals surface area contributed by atoms with Gasteiger partial charge in [0.15, 0.2) is 11.8 Å². The fraction of sp³-hybridized carbons (Fsp3) is 0.438. The quantitative estimate of drug-likeness (QED) is 0.278. The second-order valence-corrected chi connectivity index (χ2v) is 6.26. The van der Waals surface area contributed by atoms with E-state index in [-0.39, 0.29) is 24.0 Å². The first-order valence-corrected chi connectivity index (χ1v) is 8.50.